The number of benzene rings is 2. The van der Waals surface area contributed by atoms with E-state index in [0.29, 0.717) is 17.0 Å². The fraction of sp³-hybridized carbons (Fsp3) is 0.0667. The number of amides is 2. The number of anilines is 2. The van der Waals surface area contributed by atoms with E-state index < -0.39 is 0 Å². The predicted molar refractivity (Wildman–Crippen MR) is 87.7 cm³/mol. The molecule has 5 nitrogen and oxygen atoms in total. The van der Waals surface area contributed by atoms with Crippen LogP contribution in [0.3, 0.4) is 0 Å². The molecule has 1 aliphatic heterocycles. The Morgan fingerprint density at radius 3 is 2.71 bits per heavy atom. The van der Waals surface area contributed by atoms with Crippen molar-refractivity contribution < 1.29 is 14.3 Å². The third-order valence-electron chi connectivity index (χ3n) is 2.98. The van der Waals surface area contributed by atoms with Gasteiger partial charge in [0.15, 0.2) is 6.61 Å². The van der Waals surface area contributed by atoms with Crippen LogP contribution in [0.2, 0.25) is 0 Å². The third kappa shape index (κ3) is 3.15. The molecule has 0 aromatic heterocycles. The molecule has 0 saturated heterocycles. The van der Waals surface area contributed by atoms with E-state index in [1.54, 1.807) is 18.2 Å². The van der Waals surface area contributed by atoms with Crippen molar-refractivity contribution in [3.8, 4) is 5.75 Å². The van der Waals surface area contributed by atoms with Gasteiger partial charge in [0, 0.05) is 14.8 Å². The van der Waals surface area contributed by atoms with E-state index in [9.17, 15) is 9.59 Å². The number of carbonyl (C=O) groups is 2. The fourth-order valence-corrected chi connectivity index (χ4v) is 2.31. The Hall–Kier alpha value is -2.09. The zero-order valence-electron chi connectivity index (χ0n) is 10.9. The molecule has 0 radical (unpaired) electrons. The molecule has 0 spiro atoms. The monoisotopic (exact) mass is 394 g/mol. The van der Waals surface area contributed by atoms with Crippen molar-refractivity contribution in [1.29, 1.82) is 0 Å². The molecule has 2 aromatic rings. The van der Waals surface area contributed by atoms with Crippen LogP contribution in [-0.4, -0.2) is 18.4 Å². The van der Waals surface area contributed by atoms with Gasteiger partial charge in [0.05, 0.1) is 5.69 Å². The minimum absolute atomic E-state index is 0.0325. The minimum atomic E-state index is -0.223. The molecule has 0 bridgehead atoms. The lowest BCUT2D eigenvalue weighted by molar-refractivity contribution is -0.118. The molecule has 0 aliphatic carbocycles. The number of hydrogen-bond donors (Lipinski definition) is 2. The van der Waals surface area contributed by atoms with Crippen LogP contribution < -0.4 is 15.4 Å². The van der Waals surface area contributed by atoms with Gasteiger partial charge in [-0.3, -0.25) is 9.59 Å². The maximum Gasteiger partial charge on any atom is 0.262 e. The van der Waals surface area contributed by atoms with Gasteiger partial charge in [-0.05, 0) is 65.1 Å². The van der Waals surface area contributed by atoms with Crippen LogP contribution in [-0.2, 0) is 4.79 Å². The number of halogens is 1. The van der Waals surface area contributed by atoms with Crippen molar-refractivity contribution in [3.05, 3.63) is 51.6 Å². The zero-order valence-corrected chi connectivity index (χ0v) is 13.0. The van der Waals surface area contributed by atoms with Gasteiger partial charge in [0.1, 0.15) is 5.75 Å². The molecular formula is C15H11IN2O3. The molecule has 2 aromatic carbocycles. The number of ether oxygens (including phenoxy) is 1. The second-order valence-corrected chi connectivity index (χ2v) is 5.75. The van der Waals surface area contributed by atoms with Crippen molar-refractivity contribution in [1.82, 2.24) is 0 Å². The van der Waals surface area contributed by atoms with Gasteiger partial charge in [-0.1, -0.05) is 0 Å². The van der Waals surface area contributed by atoms with Crippen LogP contribution in [0.1, 0.15) is 10.4 Å². The molecule has 106 valence electrons. The predicted octanol–water partition coefficient (Wildman–Crippen LogP) is 2.87. The van der Waals surface area contributed by atoms with Crippen LogP contribution in [0, 0.1) is 3.57 Å². The van der Waals surface area contributed by atoms with Crippen molar-refractivity contribution in [3.63, 3.8) is 0 Å². The molecule has 3 rings (SSSR count). The standard InChI is InChI=1S/C15H11IN2O3/c16-10-2-4-11(5-3-10)17-15(20)9-1-6-12-13(7-9)21-8-14(19)18-12/h1-7H,8H2,(H,17,20)(H,18,19). The van der Waals surface area contributed by atoms with Crippen LogP contribution in [0.5, 0.6) is 5.75 Å². The topological polar surface area (TPSA) is 67.4 Å². The van der Waals surface area contributed by atoms with Crippen molar-refractivity contribution in [2.24, 2.45) is 0 Å². The molecule has 6 heteroatoms. The molecule has 2 N–H and O–H groups in total. The van der Waals surface area contributed by atoms with E-state index in [1.807, 2.05) is 24.3 Å². The summed E-state index contributed by atoms with van der Waals surface area (Å²) >= 11 is 2.20. The Morgan fingerprint density at radius 2 is 1.95 bits per heavy atom. The summed E-state index contributed by atoms with van der Waals surface area (Å²) in [4.78, 5) is 23.4. The Balaban J connectivity index is 1.79. The van der Waals surface area contributed by atoms with E-state index in [4.69, 9.17) is 4.74 Å². The molecule has 21 heavy (non-hydrogen) atoms. The summed E-state index contributed by atoms with van der Waals surface area (Å²) in [6.45, 7) is -0.0325. The molecule has 1 aliphatic rings. The van der Waals surface area contributed by atoms with Gasteiger partial charge in [-0.2, -0.15) is 0 Å². The second kappa shape index (κ2) is 5.72. The van der Waals surface area contributed by atoms with Crippen LogP contribution in [0.4, 0.5) is 11.4 Å². The number of hydrogen-bond acceptors (Lipinski definition) is 3. The summed E-state index contributed by atoms with van der Waals surface area (Å²) in [6, 6.07) is 12.5. The van der Waals surface area contributed by atoms with Gasteiger partial charge in [0.25, 0.3) is 11.8 Å². The number of nitrogens with one attached hydrogen (secondary N) is 2. The maximum atomic E-state index is 12.2. The molecule has 0 fully saturated rings. The lowest BCUT2D eigenvalue weighted by Crippen LogP contribution is -2.25. The molecule has 2 amide bonds. The van der Waals surface area contributed by atoms with Gasteiger partial charge in [-0.25, -0.2) is 0 Å². The maximum absolute atomic E-state index is 12.2. The zero-order chi connectivity index (χ0) is 14.8. The average molecular weight is 394 g/mol. The SMILES string of the molecule is O=C1COc2cc(C(=O)Nc3ccc(I)cc3)ccc2N1. The van der Waals surface area contributed by atoms with Gasteiger partial charge >= 0.3 is 0 Å². The van der Waals surface area contributed by atoms with Gasteiger partial charge in [-0.15, -0.1) is 0 Å². The van der Waals surface area contributed by atoms with Crippen LogP contribution in [0.15, 0.2) is 42.5 Å². The van der Waals surface area contributed by atoms with Gasteiger partial charge in [0.2, 0.25) is 0 Å². The smallest absolute Gasteiger partial charge is 0.262 e. The summed E-state index contributed by atoms with van der Waals surface area (Å²) < 4.78 is 6.40. The molecule has 1 heterocycles. The first-order valence-electron chi connectivity index (χ1n) is 6.25. The number of fused-ring (bicyclic) bond motifs is 1. The summed E-state index contributed by atoms with van der Waals surface area (Å²) in [6.07, 6.45) is 0. The lowest BCUT2D eigenvalue weighted by atomic mass is 10.1. The molecule has 0 unspecified atom stereocenters. The van der Waals surface area contributed by atoms with Gasteiger partial charge < -0.3 is 15.4 Å². The number of carbonyl (C=O) groups excluding carboxylic acids is 2. The quantitative estimate of drug-likeness (QED) is 0.770. The highest BCUT2D eigenvalue weighted by Crippen LogP contribution is 2.28. The van der Waals surface area contributed by atoms with Crippen molar-refractivity contribution in [2.45, 2.75) is 0 Å². The highest BCUT2D eigenvalue weighted by Gasteiger charge is 2.17. The van der Waals surface area contributed by atoms with E-state index in [-0.39, 0.29) is 18.4 Å². The first kappa shape index (κ1) is 13.9. The lowest BCUT2D eigenvalue weighted by Gasteiger charge is -2.18. The van der Waals surface area contributed by atoms with Crippen molar-refractivity contribution in [2.75, 3.05) is 17.2 Å². The second-order valence-electron chi connectivity index (χ2n) is 4.51. The minimum Gasteiger partial charge on any atom is -0.482 e. The summed E-state index contributed by atoms with van der Waals surface area (Å²) in [7, 11) is 0. The fourth-order valence-electron chi connectivity index (χ4n) is 1.95. The Bertz CT molecular complexity index is 713. The van der Waals surface area contributed by atoms with E-state index >= 15 is 0 Å². The summed E-state index contributed by atoms with van der Waals surface area (Å²) in [5.74, 6) is 0.0861. The highest BCUT2D eigenvalue weighted by atomic mass is 127. The van der Waals surface area contributed by atoms with E-state index in [1.165, 1.54) is 0 Å². The van der Waals surface area contributed by atoms with Crippen LogP contribution >= 0.6 is 22.6 Å². The highest BCUT2D eigenvalue weighted by molar-refractivity contribution is 14.1. The molecule has 0 atom stereocenters. The third-order valence-corrected chi connectivity index (χ3v) is 3.70. The first-order chi connectivity index (χ1) is 10.1. The van der Waals surface area contributed by atoms with E-state index in [0.717, 1.165) is 9.26 Å². The average Bonchev–Trinajstić information content (AvgIpc) is 2.49. The molecular weight excluding hydrogens is 383 g/mol. The normalized spacial score (nSPS) is 12.9. The summed E-state index contributed by atoms with van der Waals surface area (Å²) in [5.41, 5.74) is 1.79. The number of rotatable bonds is 2. The largest absolute Gasteiger partial charge is 0.482 e. The Morgan fingerprint density at radius 1 is 1.19 bits per heavy atom. The first-order valence-corrected chi connectivity index (χ1v) is 7.33. The van der Waals surface area contributed by atoms with Crippen molar-refractivity contribution >= 4 is 45.8 Å². The summed E-state index contributed by atoms with van der Waals surface area (Å²) in [5, 5.41) is 5.50. The van der Waals surface area contributed by atoms with Crippen LogP contribution in [0.25, 0.3) is 0 Å². The Kier molecular flexibility index (Phi) is 3.78. The molecule has 0 saturated carbocycles. The Labute approximate surface area is 134 Å². The van der Waals surface area contributed by atoms with E-state index in [2.05, 4.69) is 33.2 Å².